The van der Waals surface area contributed by atoms with Gasteiger partial charge in [-0.25, -0.2) is 4.79 Å². The van der Waals surface area contributed by atoms with Crippen molar-refractivity contribution in [2.45, 2.75) is 25.5 Å². The molecule has 0 bridgehead atoms. The van der Waals surface area contributed by atoms with Gasteiger partial charge in [-0.15, -0.1) is 0 Å². The zero-order valence-electron chi connectivity index (χ0n) is 13.3. The third-order valence-corrected chi connectivity index (χ3v) is 3.98. The van der Waals surface area contributed by atoms with Gasteiger partial charge in [0.1, 0.15) is 6.61 Å². The fraction of sp³-hybridized carbons (Fsp3) is 0.200. The quantitative estimate of drug-likeness (QED) is 0.862. The Labute approximate surface area is 141 Å². The number of hydrogen-bond donors (Lipinski definition) is 0. The first-order valence-electron chi connectivity index (χ1n) is 7.96. The van der Waals surface area contributed by atoms with Gasteiger partial charge in [0, 0.05) is 12.6 Å². The normalized spacial score (nSPS) is 16.9. The molecule has 0 aromatic heterocycles. The molecule has 4 heteroatoms. The highest BCUT2D eigenvalue weighted by atomic mass is 16.6. The van der Waals surface area contributed by atoms with Crippen LogP contribution in [0.3, 0.4) is 0 Å². The van der Waals surface area contributed by atoms with Crippen LogP contribution in [0.2, 0.25) is 0 Å². The minimum Gasteiger partial charge on any atom is -0.444 e. The van der Waals surface area contributed by atoms with Crippen LogP contribution in [0.25, 0.3) is 0 Å². The second kappa shape index (κ2) is 7.59. The van der Waals surface area contributed by atoms with E-state index in [1.165, 1.54) is 17.2 Å². The summed E-state index contributed by atoms with van der Waals surface area (Å²) in [6, 6.07) is 19.2. The third kappa shape index (κ3) is 4.10. The Hall–Kier alpha value is -2.88. The Morgan fingerprint density at radius 1 is 1.00 bits per heavy atom. The topological polar surface area (TPSA) is 46.6 Å². The number of amides is 1. The maximum atomic E-state index is 12.4. The molecule has 1 aliphatic rings. The summed E-state index contributed by atoms with van der Waals surface area (Å²) in [5, 5.41) is 0. The van der Waals surface area contributed by atoms with Crippen LogP contribution in [0.15, 0.2) is 72.9 Å². The molecule has 2 aromatic carbocycles. The van der Waals surface area contributed by atoms with Crippen LogP contribution in [0, 0.1) is 0 Å². The number of ether oxygens (including phenoxy) is 1. The summed E-state index contributed by atoms with van der Waals surface area (Å²) in [7, 11) is 0. The van der Waals surface area contributed by atoms with E-state index in [1.807, 2.05) is 60.7 Å². The molecule has 0 fully saturated rings. The zero-order valence-corrected chi connectivity index (χ0v) is 13.3. The highest BCUT2D eigenvalue weighted by Gasteiger charge is 2.28. The molecule has 1 heterocycles. The molecule has 0 saturated carbocycles. The maximum Gasteiger partial charge on any atom is 0.414 e. The van der Waals surface area contributed by atoms with Gasteiger partial charge in [0.2, 0.25) is 0 Å². The van der Waals surface area contributed by atoms with E-state index in [0.717, 1.165) is 11.1 Å². The molecular formula is C20H19NO3. The van der Waals surface area contributed by atoms with Crippen molar-refractivity contribution in [3.63, 3.8) is 0 Å². The lowest BCUT2D eigenvalue weighted by Gasteiger charge is -2.30. The van der Waals surface area contributed by atoms with Crippen molar-refractivity contribution in [3.8, 4) is 0 Å². The molecule has 1 atom stereocenters. The van der Waals surface area contributed by atoms with Crippen molar-refractivity contribution >= 4 is 11.9 Å². The molecule has 0 N–H and O–H groups in total. The maximum absolute atomic E-state index is 12.4. The third-order valence-electron chi connectivity index (χ3n) is 3.98. The predicted molar refractivity (Wildman–Crippen MR) is 91.2 cm³/mol. The fourth-order valence-corrected chi connectivity index (χ4v) is 2.74. The summed E-state index contributed by atoms with van der Waals surface area (Å²) in [6.07, 6.45) is 3.48. The molecule has 4 nitrogen and oxygen atoms in total. The first-order valence-corrected chi connectivity index (χ1v) is 7.96. The zero-order chi connectivity index (χ0) is 16.8. The van der Waals surface area contributed by atoms with Crippen LogP contribution in [0.1, 0.15) is 17.5 Å². The lowest BCUT2D eigenvalue weighted by Crippen LogP contribution is -2.41. The lowest BCUT2D eigenvalue weighted by molar-refractivity contribution is -0.116. The van der Waals surface area contributed by atoms with Crippen LogP contribution in [-0.4, -0.2) is 22.8 Å². The first-order chi connectivity index (χ1) is 11.7. The number of hydrogen-bond acceptors (Lipinski definition) is 3. The molecule has 122 valence electrons. The van der Waals surface area contributed by atoms with Gasteiger partial charge in [0.05, 0.1) is 6.04 Å². The summed E-state index contributed by atoms with van der Waals surface area (Å²) in [4.78, 5) is 25.7. The van der Waals surface area contributed by atoms with Gasteiger partial charge in [-0.2, -0.15) is 0 Å². The monoisotopic (exact) mass is 321 g/mol. The molecule has 0 spiro atoms. The van der Waals surface area contributed by atoms with Crippen molar-refractivity contribution < 1.29 is 14.3 Å². The van der Waals surface area contributed by atoms with E-state index in [9.17, 15) is 9.59 Å². The van der Waals surface area contributed by atoms with Gasteiger partial charge in [0.25, 0.3) is 0 Å². The number of carbonyl (C=O) groups excluding carboxylic acids is 2. The second-order valence-electron chi connectivity index (χ2n) is 5.78. The molecule has 24 heavy (non-hydrogen) atoms. The van der Waals surface area contributed by atoms with Gasteiger partial charge >= 0.3 is 6.09 Å². The SMILES string of the molecule is O=C1C=CN(C(=O)OCc2ccccc2)C(Cc2ccccc2)C1. The van der Waals surface area contributed by atoms with Gasteiger partial charge in [-0.3, -0.25) is 9.69 Å². The number of ketones is 1. The number of benzene rings is 2. The number of carbonyl (C=O) groups is 2. The molecule has 0 saturated heterocycles. The minimum atomic E-state index is -0.427. The van der Waals surface area contributed by atoms with Crippen LogP contribution in [-0.2, 0) is 22.6 Å². The highest BCUT2D eigenvalue weighted by molar-refractivity contribution is 5.92. The average molecular weight is 321 g/mol. The van der Waals surface area contributed by atoms with Gasteiger partial charge in [0.15, 0.2) is 5.78 Å². The Balaban J connectivity index is 1.67. The summed E-state index contributed by atoms with van der Waals surface area (Å²) in [5.41, 5.74) is 2.02. The van der Waals surface area contributed by atoms with Crippen LogP contribution in [0.5, 0.6) is 0 Å². The van der Waals surface area contributed by atoms with Gasteiger partial charge in [-0.05, 0) is 23.6 Å². The van der Waals surface area contributed by atoms with Crippen LogP contribution in [0.4, 0.5) is 4.79 Å². The van der Waals surface area contributed by atoms with Crippen molar-refractivity contribution in [3.05, 3.63) is 84.1 Å². The van der Waals surface area contributed by atoms with E-state index >= 15 is 0 Å². The van der Waals surface area contributed by atoms with Crippen molar-refractivity contribution in [1.29, 1.82) is 0 Å². The van der Waals surface area contributed by atoms with E-state index in [1.54, 1.807) is 0 Å². The van der Waals surface area contributed by atoms with E-state index < -0.39 is 6.09 Å². The Morgan fingerprint density at radius 2 is 1.62 bits per heavy atom. The fourth-order valence-electron chi connectivity index (χ4n) is 2.74. The highest BCUT2D eigenvalue weighted by Crippen LogP contribution is 2.19. The van der Waals surface area contributed by atoms with E-state index in [-0.39, 0.29) is 18.4 Å². The molecular weight excluding hydrogens is 302 g/mol. The van der Waals surface area contributed by atoms with E-state index in [2.05, 4.69) is 0 Å². The smallest absolute Gasteiger partial charge is 0.414 e. The van der Waals surface area contributed by atoms with Crippen LogP contribution < -0.4 is 0 Å². The molecule has 3 rings (SSSR count). The molecule has 1 aliphatic heterocycles. The first kappa shape index (κ1) is 16.0. The Morgan fingerprint density at radius 3 is 2.29 bits per heavy atom. The van der Waals surface area contributed by atoms with Crippen molar-refractivity contribution in [2.24, 2.45) is 0 Å². The largest absolute Gasteiger partial charge is 0.444 e. The van der Waals surface area contributed by atoms with Gasteiger partial charge < -0.3 is 4.74 Å². The summed E-state index contributed by atoms with van der Waals surface area (Å²) in [5.74, 6) is 0.0306. The molecule has 0 aliphatic carbocycles. The van der Waals surface area contributed by atoms with Crippen molar-refractivity contribution in [2.75, 3.05) is 0 Å². The molecule has 1 unspecified atom stereocenters. The summed E-state index contributed by atoms with van der Waals surface area (Å²) in [6.45, 7) is 0.218. The Bertz CT molecular complexity index is 725. The standard InChI is InChI=1S/C20H19NO3/c22-19-11-12-21(18(14-19)13-16-7-3-1-4-8-16)20(23)24-15-17-9-5-2-6-10-17/h1-12,18H,13-15H2. The molecule has 2 aromatic rings. The number of allylic oxidation sites excluding steroid dienone is 1. The molecule has 1 amide bonds. The van der Waals surface area contributed by atoms with Crippen LogP contribution >= 0.6 is 0 Å². The van der Waals surface area contributed by atoms with Crippen molar-refractivity contribution in [1.82, 2.24) is 4.90 Å². The minimum absolute atomic E-state index is 0.0306. The van der Waals surface area contributed by atoms with E-state index in [0.29, 0.717) is 12.8 Å². The Kier molecular flexibility index (Phi) is 5.06. The molecule has 0 radical (unpaired) electrons. The van der Waals surface area contributed by atoms with Gasteiger partial charge in [-0.1, -0.05) is 60.7 Å². The predicted octanol–water partition coefficient (Wildman–Crippen LogP) is 3.72. The average Bonchev–Trinajstić information content (AvgIpc) is 2.62. The summed E-state index contributed by atoms with van der Waals surface area (Å²) < 4.78 is 5.40. The lowest BCUT2D eigenvalue weighted by atomic mass is 9.98. The number of rotatable bonds is 4. The summed E-state index contributed by atoms with van der Waals surface area (Å²) >= 11 is 0. The second-order valence-corrected chi connectivity index (χ2v) is 5.78. The van der Waals surface area contributed by atoms with E-state index in [4.69, 9.17) is 4.74 Å². The number of nitrogens with zero attached hydrogens (tertiary/aromatic N) is 1.